The van der Waals surface area contributed by atoms with E-state index in [2.05, 4.69) is 26.0 Å². The second kappa shape index (κ2) is 4.74. The van der Waals surface area contributed by atoms with Crippen LogP contribution < -0.4 is 4.74 Å². The fraction of sp³-hybridized carbons (Fsp3) is 0.500. The molecule has 14 heavy (non-hydrogen) atoms. The Morgan fingerprint density at radius 1 is 1.29 bits per heavy atom. The molecule has 1 rings (SSSR count). The number of hydrogen-bond acceptors (Lipinski definition) is 2. The number of hydrogen-bond donors (Lipinski definition) is 1. The largest absolute Gasteiger partial charge is 0.497 e. The zero-order valence-electron chi connectivity index (χ0n) is 9.08. The molecule has 0 bridgehead atoms. The van der Waals surface area contributed by atoms with Crippen molar-refractivity contribution in [1.82, 2.24) is 0 Å². The quantitative estimate of drug-likeness (QED) is 0.746. The average molecular weight is 210 g/mol. The summed E-state index contributed by atoms with van der Waals surface area (Å²) >= 11 is 4.74. The second-order valence-corrected chi connectivity index (χ2v) is 4.33. The molecule has 0 amide bonds. The normalized spacial score (nSPS) is 11.4. The molecule has 1 aromatic rings. The Hall–Kier alpha value is -0.630. The van der Waals surface area contributed by atoms with Crippen molar-refractivity contribution >= 4 is 12.6 Å². The predicted octanol–water partition coefficient (Wildman–Crippen LogP) is 3.64. The second-order valence-electron chi connectivity index (χ2n) is 3.47. The molecule has 2 heteroatoms. The van der Waals surface area contributed by atoms with Crippen molar-refractivity contribution in [2.45, 2.75) is 31.4 Å². The summed E-state index contributed by atoms with van der Waals surface area (Å²) in [5.74, 6) is 0.905. The highest BCUT2D eigenvalue weighted by Crippen LogP contribution is 2.36. The van der Waals surface area contributed by atoms with Gasteiger partial charge in [-0.15, -0.1) is 0 Å². The molecular weight excluding hydrogens is 192 g/mol. The molecule has 0 unspecified atom stereocenters. The van der Waals surface area contributed by atoms with Crippen LogP contribution in [0.4, 0.5) is 0 Å². The fourth-order valence-corrected chi connectivity index (χ4v) is 1.71. The Labute approximate surface area is 91.9 Å². The predicted molar refractivity (Wildman–Crippen MR) is 64.2 cm³/mol. The van der Waals surface area contributed by atoms with Gasteiger partial charge in [-0.3, -0.25) is 0 Å². The summed E-state index contributed by atoms with van der Waals surface area (Å²) in [6.45, 7) is 4.33. The van der Waals surface area contributed by atoms with Gasteiger partial charge in [-0.2, -0.15) is 12.6 Å². The maximum Gasteiger partial charge on any atom is 0.119 e. The summed E-state index contributed by atoms with van der Waals surface area (Å²) in [5, 5.41) is 0. The number of ether oxygens (including phenoxy) is 1. The van der Waals surface area contributed by atoms with Crippen molar-refractivity contribution in [2.24, 2.45) is 0 Å². The van der Waals surface area contributed by atoms with Crippen LogP contribution >= 0.6 is 12.6 Å². The van der Waals surface area contributed by atoms with Gasteiger partial charge in [-0.1, -0.05) is 26.0 Å². The average Bonchev–Trinajstić information content (AvgIpc) is 2.28. The Balaban J connectivity index is 3.04. The molecule has 0 N–H and O–H groups in total. The summed E-state index contributed by atoms with van der Waals surface area (Å²) in [4.78, 5) is 0. The molecule has 0 aliphatic heterocycles. The third kappa shape index (κ3) is 2.24. The molecule has 0 aliphatic rings. The number of rotatable bonds is 4. The lowest BCUT2D eigenvalue weighted by atomic mass is 9.92. The lowest BCUT2D eigenvalue weighted by Crippen LogP contribution is -2.16. The van der Waals surface area contributed by atoms with Crippen molar-refractivity contribution in [3.63, 3.8) is 0 Å². The molecule has 0 saturated carbocycles. The Bertz CT molecular complexity index is 292. The number of benzene rings is 1. The van der Waals surface area contributed by atoms with Crippen molar-refractivity contribution < 1.29 is 4.74 Å². The van der Waals surface area contributed by atoms with Gasteiger partial charge >= 0.3 is 0 Å². The first-order valence-electron chi connectivity index (χ1n) is 5.03. The smallest absolute Gasteiger partial charge is 0.119 e. The van der Waals surface area contributed by atoms with Gasteiger partial charge in [-0.05, 0) is 30.5 Å². The van der Waals surface area contributed by atoms with Crippen LogP contribution in [-0.4, -0.2) is 7.11 Å². The van der Waals surface area contributed by atoms with E-state index in [1.54, 1.807) is 7.11 Å². The molecule has 0 atom stereocenters. The van der Waals surface area contributed by atoms with Crippen molar-refractivity contribution in [1.29, 1.82) is 0 Å². The van der Waals surface area contributed by atoms with E-state index in [0.29, 0.717) is 0 Å². The van der Waals surface area contributed by atoms with Gasteiger partial charge in [0.15, 0.2) is 0 Å². The third-order valence-electron chi connectivity index (χ3n) is 2.78. The minimum Gasteiger partial charge on any atom is -0.497 e. The molecule has 0 aromatic heterocycles. The van der Waals surface area contributed by atoms with Gasteiger partial charge in [0.1, 0.15) is 5.75 Å². The first kappa shape index (κ1) is 11.4. The van der Waals surface area contributed by atoms with Crippen LogP contribution in [0, 0.1) is 0 Å². The highest BCUT2D eigenvalue weighted by Gasteiger charge is 2.23. The standard InChI is InChI=1S/C12H18OS/c1-4-12(14,5-2)10-7-6-8-11(9-10)13-3/h6-9,14H,4-5H2,1-3H3. The summed E-state index contributed by atoms with van der Waals surface area (Å²) in [5.41, 5.74) is 1.24. The van der Waals surface area contributed by atoms with E-state index >= 15 is 0 Å². The van der Waals surface area contributed by atoms with Crippen LogP contribution in [0.5, 0.6) is 5.75 Å². The van der Waals surface area contributed by atoms with Gasteiger partial charge in [0.05, 0.1) is 7.11 Å². The molecule has 0 aliphatic carbocycles. The van der Waals surface area contributed by atoms with E-state index in [9.17, 15) is 0 Å². The van der Waals surface area contributed by atoms with E-state index in [1.165, 1.54) is 5.56 Å². The van der Waals surface area contributed by atoms with Crippen LogP contribution in [0.25, 0.3) is 0 Å². The molecule has 0 radical (unpaired) electrons. The topological polar surface area (TPSA) is 9.23 Å². The monoisotopic (exact) mass is 210 g/mol. The number of methoxy groups -OCH3 is 1. The highest BCUT2D eigenvalue weighted by molar-refractivity contribution is 7.81. The summed E-state index contributed by atoms with van der Waals surface area (Å²) in [7, 11) is 1.69. The molecule has 0 saturated heterocycles. The molecule has 0 spiro atoms. The van der Waals surface area contributed by atoms with E-state index in [0.717, 1.165) is 18.6 Å². The maximum absolute atomic E-state index is 5.21. The molecular formula is C12H18OS. The van der Waals surface area contributed by atoms with Crippen LogP contribution in [0.15, 0.2) is 24.3 Å². The van der Waals surface area contributed by atoms with Crippen LogP contribution in [0.3, 0.4) is 0 Å². The van der Waals surface area contributed by atoms with Gasteiger partial charge in [0.25, 0.3) is 0 Å². The van der Waals surface area contributed by atoms with E-state index in [1.807, 2.05) is 12.1 Å². The van der Waals surface area contributed by atoms with Crippen molar-refractivity contribution in [2.75, 3.05) is 7.11 Å². The fourth-order valence-electron chi connectivity index (χ4n) is 1.57. The zero-order valence-corrected chi connectivity index (χ0v) is 9.97. The van der Waals surface area contributed by atoms with E-state index in [4.69, 9.17) is 17.4 Å². The SMILES string of the molecule is CCC(S)(CC)c1cccc(OC)c1. The van der Waals surface area contributed by atoms with Gasteiger partial charge in [0, 0.05) is 4.75 Å². The lowest BCUT2D eigenvalue weighted by molar-refractivity contribution is 0.413. The van der Waals surface area contributed by atoms with Gasteiger partial charge in [-0.25, -0.2) is 0 Å². The summed E-state index contributed by atoms with van der Waals surface area (Å²) in [6, 6.07) is 8.16. The Morgan fingerprint density at radius 3 is 2.43 bits per heavy atom. The van der Waals surface area contributed by atoms with E-state index in [-0.39, 0.29) is 4.75 Å². The van der Waals surface area contributed by atoms with E-state index < -0.39 is 0 Å². The Morgan fingerprint density at radius 2 is 1.93 bits per heavy atom. The molecule has 1 aromatic carbocycles. The first-order chi connectivity index (χ1) is 6.66. The molecule has 0 heterocycles. The van der Waals surface area contributed by atoms with Crippen LogP contribution in [0.2, 0.25) is 0 Å². The van der Waals surface area contributed by atoms with Crippen molar-refractivity contribution in [3.05, 3.63) is 29.8 Å². The summed E-state index contributed by atoms with van der Waals surface area (Å²) < 4.78 is 5.19. The lowest BCUT2D eigenvalue weighted by Gasteiger charge is -2.26. The molecule has 78 valence electrons. The van der Waals surface area contributed by atoms with Gasteiger partial charge < -0.3 is 4.74 Å². The van der Waals surface area contributed by atoms with Crippen molar-refractivity contribution in [3.8, 4) is 5.75 Å². The molecule has 1 nitrogen and oxygen atoms in total. The highest BCUT2D eigenvalue weighted by atomic mass is 32.1. The maximum atomic E-state index is 5.21. The van der Waals surface area contributed by atoms with Crippen LogP contribution in [-0.2, 0) is 4.75 Å². The minimum atomic E-state index is -0.0193. The summed E-state index contributed by atoms with van der Waals surface area (Å²) in [6.07, 6.45) is 2.06. The first-order valence-corrected chi connectivity index (χ1v) is 5.48. The van der Waals surface area contributed by atoms with Gasteiger partial charge in [0.2, 0.25) is 0 Å². The third-order valence-corrected chi connectivity index (χ3v) is 3.67. The minimum absolute atomic E-state index is 0.0193. The van der Waals surface area contributed by atoms with Crippen LogP contribution in [0.1, 0.15) is 32.3 Å². The number of thiol groups is 1. The zero-order chi connectivity index (χ0) is 10.6. The Kier molecular flexibility index (Phi) is 3.87. The molecule has 0 fully saturated rings.